The Morgan fingerprint density at radius 1 is 1.60 bits per heavy atom. The molecule has 0 radical (unpaired) electrons. The number of hydrogen-bond donors (Lipinski definition) is 2. The predicted molar refractivity (Wildman–Crippen MR) is 61.8 cm³/mol. The SMILES string of the molecule is CC(Nc1nn(C)cc1N)c1nccs1. The molecule has 0 saturated carbocycles. The molecule has 0 aromatic carbocycles. The molecule has 1 unspecified atom stereocenters. The third-order valence-electron chi connectivity index (χ3n) is 2.03. The third-order valence-corrected chi connectivity index (χ3v) is 2.99. The minimum atomic E-state index is 0.127. The quantitative estimate of drug-likeness (QED) is 0.829. The van der Waals surface area contributed by atoms with Gasteiger partial charge in [-0.15, -0.1) is 11.3 Å². The second-order valence-corrected chi connectivity index (χ2v) is 4.27. The van der Waals surface area contributed by atoms with Gasteiger partial charge in [0.15, 0.2) is 5.82 Å². The number of thiazole rings is 1. The number of nitrogens with two attached hydrogens (primary N) is 1. The van der Waals surface area contributed by atoms with Crippen LogP contribution in [0.4, 0.5) is 11.5 Å². The molecule has 0 aliphatic carbocycles. The standard InChI is InChI=1S/C9H13N5S/c1-6(9-11-3-4-15-9)12-8-7(10)5-14(2)13-8/h3-6H,10H2,1-2H3,(H,12,13). The lowest BCUT2D eigenvalue weighted by atomic mass is 10.3. The van der Waals surface area contributed by atoms with Crippen LogP contribution in [0.3, 0.4) is 0 Å². The van der Waals surface area contributed by atoms with Crippen molar-refractivity contribution in [3.05, 3.63) is 22.8 Å². The first-order valence-corrected chi connectivity index (χ1v) is 5.50. The molecule has 0 amide bonds. The van der Waals surface area contributed by atoms with E-state index in [1.54, 1.807) is 28.4 Å². The average Bonchev–Trinajstić information content (AvgIpc) is 2.76. The second-order valence-electron chi connectivity index (χ2n) is 3.34. The lowest BCUT2D eigenvalue weighted by Crippen LogP contribution is -2.08. The molecule has 0 saturated heterocycles. The minimum absolute atomic E-state index is 0.127. The van der Waals surface area contributed by atoms with Gasteiger partial charge in [-0.3, -0.25) is 4.68 Å². The van der Waals surface area contributed by atoms with Crippen molar-refractivity contribution >= 4 is 22.8 Å². The molecule has 0 fully saturated rings. The molecule has 0 bridgehead atoms. The highest BCUT2D eigenvalue weighted by molar-refractivity contribution is 7.09. The summed E-state index contributed by atoms with van der Waals surface area (Å²) in [6.07, 6.45) is 3.57. The zero-order chi connectivity index (χ0) is 10.8. The number of aryl methyl sites for hydroxylation is 1. The van der Waals surface area contributed by atoms with Crippen LogP contribution in [0, 0.1) is 0 Å². The van der Waals surface area contributed by atoms with Gasteiger partial charge in [0.05, 0.1) is 11.7 Å². The number of nitrogen functional groups attached to an aromatic ring is 1. The summed E-state index contributed by atoms with van der Waals surface area (Å²) in [6.45, 7) is 2.03. The van der Waals surface area contributed by atoms with Gasteiger partial charge in [0, 0.05) is 24.8 Å². The smallest absolute Gasteiger partial charge is 0.171 e. The van der Waals surface area contributed by atoms with E-state index in [0.29, 0.717) is 11.5 Å². The van der Waals surface area contributed by atoms with Gasteiger partial charge in [-0.2, -0.15) is 5.10 Å². The normalized spacial score (nSPS) is 12.7. The molecule has 2 aromatic heterocycles. The Kier molecular flexibility index (Phi) is 2.59. The number of anilines is 2. The Morgan fingerprint density at radius 3 is 2.93 bits per heavy atom. The van der Waals surface area contributed by atoms with E-state index in [1.807, 2.05) is 19.4 Å². The zero-order valence-electron chi connectivity index (χ0n) is 8.64. The summed E-state index contributed by atoms with van der Waals surface area (Å²) >= 11 is 1.61. The van der Waals surface area contributed by atoms with Gasteiger partial charge in [0.1, 0.15) is 5.01 Å². The van der Waals surface area contributed by atoms with E-state index in [2.05, 4.69) is 15.4 Å². The van der Waals surface area contributed by atoms with Gasteiger partial charge in [-0.1, -0.05) is 0 Å². The van der Waals surface area contributed by atoms with Crippen LogP contribution < -0.4 is 11.1 Å². The Morgan fingerprint density at radius 2 is 2.40 bits per heavy atom. The van der Waals surface area contributed by atoms with Crippen LogP contribution >= 0.6 is 11.3 Å². The van der Waals surface area contributed by atoms with Crippen LogP contribution in [0.1, 0.15) is 18.0 Å². The van der Waals surface area contributed by atoms with E-state index < -0.39 is 0 Å². The highest BCUT2D eigenvalue weighted by Crippen LogP contribution is 2.23. The van der Waals surface area contributed by atoms with E-state index >= 15 is 0 Å². The fourth-order valence-electron chi connectivity index (χ4n) is 1.33. The Bertz CT molecular complexity index is 433. The van der Waals surface area contributed by atoms with E-state index in [9.17, 15) is 0 Å². The zero-order valence-corrected chi connectivity index (χ0v) is 9.45. The van der Waals surface area contributed by atoms with E-state index in [4.69, 9.17) is 5.73 Å². The fourth-order valence-corrected chi connectivity index (χ4v) is 1.98. The van der Waals surface area contributed by atoms with Crippen molar-refractivity contribution in [3.63, 3.8) is 0 Å². The van der Waals surface area contributed by atoms with E-state index in [-0.39, 0.29) is 6.04 Å². The van der Waals surface area contributed by atoms with Gasteiger partial charge in [0.2, 0.25) is 0 Å². The summed E-state index contributed by atoms with van der Waals surface area (Å²) in [7, 11) is 1.84. The number of hydrogen-bond acceptors (Lipinski definition) is 5. The van der Waals surface area contributed by atoms with Crippen LogP contribution in [0.2, 0.25) is 0 Å². The summed E-state index contributed by atoms with van der Waals surface area (Å²) in [5, 5.41) is 10.4. The molecule has 5 nitrogen and oxygen atoms in total. The monoisotopic (exact) mass is 223 g/mol. The minimum Gasteiger partial charge on any atom is -0.394 e. The Balaban J connectivity index is 2.12. The highest BCUT2D eigenvalue weighted by atomic mass is 32.1. The van der Waals surface area contributed by atoms with Crippen molar-refractivity contribution in [1.82, 2.24) is 14.8 Å². The first-order chi connectivity index (χ1) is 7.16. The predicted octanol–water partition coefficient (Wildman–Crippen LogP) is 1.63. The third kappa shape index (κ3) is 2.10. The molecule has 2 heterocycles. The van der Waals surface area contributed by atoms with E-state index in [0.717, 1.165) is 5.01 Å². The number of rotatable bonds is 3. The molecule has 15 heavy (non-hydrogen) atoms. The van der Waals surface area contributed by atoms with Gasteiger partial charge in [-0.05, 0) is 6.92 Å². The number of nitrogens with one attached hydrogen (secondary N) is 1. The second kappa shape index (κ2) is 3.90. The summed E-state index contributed by atoms with van der Waals surface area (Å²) in [5.74, 6) is 0.709. The topological polar surface area (TPSA) is 68.8 Å². The Labute approximate surface area is 91.9 Å². The van der Waals surface area contributed by atoms with Gasteiger partial charge >= 0.3 is 0 Å². The molecule has 80 valence electrons. The maximum absolute atomic E-state index is 5.78. The van der Waals surface area contributed by atoms with Crippen LogP contribution in [-0.4, -0.2) is 14.8 Å². The molecular weight excluding hydrogens is 210 g/mol. The van der Waals surface area contributed by atoms with Crippen molar-refractivity contribution in [2.45, 2.75) is 13.0 Å². The van der Waals surface area contributed by atoms with Crippen molar-refractivity contribution in [2.24, 2.45) is 7.05 Å². The van der Waals surface area contributed by atoms with Gasteiger partial charge in [-0.25, -0.2) is 4.98 Å². The highest BCUT2D eigenvalue weighted by Gasteiger charge is 2.11. The molecule has 0 aliphatic heterocycles. The fraction of sp³-hybridized carbons (Fsp3) is 0.333. The van der Waals surface area contributed by atoms with Crippen molar-refractivity contribution in [3.8, 4) is 0 Å². The lowest BCUT2D eigenvalue weighted by Gasteiger charge is -2.10. The number of nitrogens with zero attached hydrogens (tertiary/aromatic N) is 3. The maximum atomic E-state index is 5.78. The van der Waals surface area contributed by atoms with Gasteiger partial charge < -0.3 is 11.1 Å². The summed E-state index contributed by atoms with van der Waals surface area (Å²) in [5.41, 5.74) is 6.43. The van der Waals surface area contributed by atoms with Crippen LogP contribution in [0.5, 0.6) is 0 Å². The van der Waals surface area contributed by atoms with Crippen molar-refractivity contribution < 1.29 is 0 Å². The largest absolute Gasteiger partial charge is 0.394 e. The van der Waals surface area contributed by atoms with Crippen molar-refractivity contribution in [2.75, 3.05) is 11.1 Å². The molecular formula is C9H13N5S. The maximum Gasteiger partial charge on any atom is 0.171 e. The molecule has 2 aromatic rings. The van der Waals surface area contributed by atoms with Crippen LogP contribution in [-0.2, 0) is 7.05 Å². The lowest BCUT2D eigenvalue weighted by molar-refractivity contribution is 0.759. The average molecular weight is 223 g/mol. The molecule has 0 spiro atoms. The van der Waals surface area contributed by atoms with Crippen LogP contribution in [0.15, 0.2) is 17.8 Å². The molecule has 2 rings (SSSR count). The molecule has 1 atom stereocenters. The molecule has 6 heteroatoms. The molecule has 0 aliphatic rings. The number of aromatic nitrogens is 3. The summed E-state index contributed by atoms with van der Waals surface area (Å²) in [6, 6.07) is 0.127. The van der Waals surface area contributed by atoms with E-state index in [1.165, 1.54) is 0 Å². The summed E-state index contributed by atoms with van der Waals surface area (Å²) < 4.78 is 1.69. The van der Waals surface area contributed by atoms with Crippen molar-refractivity contribution in [1.29, 1.82) is 0 Å². The first-order valence-electron chi connectivity index (χ1n) is 4.62. The Hall–Kier alpha value is -1.56. The molecule has 3 N–H and O–H groups in total. The summed E-state index contributed by atoms with van der Waals surface area (Å²) in [4.78, 5) is 4.23. The van der Waals surface area contributed by atoms with Gasteiger partial charge in [0.25, 0.3) is 0 Å². The first kappa shape index (κ1) is 9.97. The van der Waals surface area contributed by atoms with Crippen LogP contribution in [0.25, 0.3) is 0 Å².